The monoisotopic (exact) mass is 254 g/mol. The zero-order valence-electron chi connectivity index (χ0n) is 12.4. The van der Waals surface area contributed by atoms with Gasteiger partial charge in [-0.25, -0.2) is 0 Å². The molecule has 2 rings (SSSR count). The summed E-state index contributed by atoms with van der Waals surface area (Å²) in [6.45, 7) is 6.23. The maximum Gasteiger partial charge on any atom is 0.0710 e. The van der Waals surface area contributed by atoms with E-state index in [4.69, 9.17) is 10.5 Å². The van der Waals surface area contributed by atoms with E-state index in [9.17, 15) is 0 Å². The predicted molar refractivity (Wildman–Crippen MR) is 75.7 cm³/mol. The Kier molecular flexibility index (Phi) is 4.35. The molecule has 1 aliphatic heterocycles. The predicted octanol–water partition coefficient (Wildman–Crippen LogP) is 2.54. The Hall–Kier alpha value is -0.120. The van der Waals surface area contributed by atoms with E-state index in [2.05, 4.69) is 25.8 Å². The molecule has 0 aromatic rings. The Labute approximate surface area is 112 Å². The van der Waals surface area contributed by atoms with Crippen molar-refractivity contribution in [1.82, 2.24) is 4.90 Å². The Balaban J connectivity index is 1.87. The van der Waals surface area contributed by atoms with E-state index in [-0.39, 0.29) is 11.1 Å². The number of rotatable bonds is 5. The lowest BCUT2D eigenvalue weighted by molar-refractivity contribution is -0.0545. The summed E-state index contributed by atoms with van der Waals surface area (Å²) < 4.78 is 6.38. The molecule has 3 nitrogen and oxygen atoms in total. The van der Waals surface area contributed by atoms with E-state index in [1.165, 1.54) is 38.5 Å². The maximum absolute atomic E-state index is 6.38. The third-order valence-electron chi connectivity index (χ3n) is 5.45. The smallest absolute Gasteiger partial charge is 0.0710 e. The Morgan fingerprint density at radius 1 is 1.33 bits per heavy atom. The third kappa shape index (κ3) is 2.73. The van der Waals surface area contributed by atoms with E-state index in [1.54, 1.807) is 0 Å². The molecule has 1 spiro atoms. The van der Waals surface area contributed by atoms with Crippen LogP contribution >= 0.6 is 0 Å². The van der Waals surface area contributed by atoms with Crippen molar-refractivity contribution in [2.75, 3.05) is 20.1 Å². The molecule has 0 aromatic heterocycles. The van der Waals surface area contributed by atoms with Gasteiger partial charge in [-0.2, -0.15) is 0 Å². The van der Waals surface area contributed by atoms with Crippen LogP contribution in [0.5, 0.6) is 0 Å². The molecule has 2 unspecified atom stereocenters. The van der Waals surface area contributed by atoms with Crippen LogP contribution in [0.4, 0.5) is 0 Å². The molecule has 1 aliphatic carbocycles. The molecular weight excluding hydrogens is 224 g/mol. The molecule has 0 radical (unpaired) electrons. The van der Waals surface area contributed by atoms with Crippen LogP contribution in [0.2, 0.25) is 0 Å². The van der Waals surface area contributed by atoms with Gasteiger partial charge >= 0.3 is 0 Å². The van der Waals surface area contributed by atoms with Gasteiger partial charge < -0.3 is 10.5 Å². The maximum atomic E-state index is 6.38. The molecule has 2 fully saturated rings. The van der Waals surface area contributed by atoms with Crippen molar-refractivity contribution in [2.45, 2.75) is 76.0 Å². The van der Waals surface area contributed by atoms with E-state index >= 15 is 0 Å². The fraction of sp³-hybridized carbons (Fsp3) is 1.00. The zero-order chi connectivity index (χ0) is 13.2. The summed E-state index contributed by atoms with van der Waals surface area (Å²) in [6, 6.07) is 0. The van der Waals surface area contributed by atoms with Crippen LogP contribution in [0, 0.1) is 0 Å². The molecule has 1 heterocycles. The van der Waals surface area contributed by atoms with Gasteiger partial charge in [-0.15, -0.1) is 0 Å². The van der Waals surface area contributed by atoms with Gasteiger partial charge in [0.1, 0.15) is 0 Å². The van der Waals surface area contributed by atoms with Crippen LogP contribution in [-0.2, 0) is 4.74 Å². The quantitative estimate of drug-likeness (QED) is 0.819. The molecule has 1 saturated carbocycles. The highest BCUT2D eigenvalue weighted by Gasteiger charge is 2.43. The Morgan fingerprint density at radius 2 is 2.00 bits per heavy atom. The lowest BCUT2D eigenvalue weighted by Gasteiger charge is -2.39. The molecule has 2 atom stereocenters. The molecule has 0 amide bonds. The van der Waals surface area contributed by atoms with E-state index in [0.29, 0.717) is 6.10 Å². The van der Waals surface area contributed by atoms with Crippen molar-refractivity contribution >= 4 is 0 Å². The summed E-state index contributed by atoms with van der Waals surface area (Å²) in [5.74, 6) is 0. The number of ether oxygens (including phenoxy) is 1. The fourth-order valence-corrected chi connectivity index (χ4v) is 3.51. The summed E-state index contributed by atoms with van der Waals surface area (Å²) in [6.07, 6.45) is 9.31. The molecule has 18 heavy (non-hydrogen) atoms. The first-order valence-corrected chi connectivity index (χ1v) is 7.63. The van der Waals surface area contributed by atoms with Gasteiger partial charge in [-0.05, 0) is 46.1 Å². The van der Waals surface area contributed by atoms with Crippen LogP contribution in [0.1, 0.15) is 58.8 Å². The molecule has 2 aliphatic rings. The molecule has 0 aromatic carbocycles. The van der Waals surface area contributed by atoms with Gasteiger partial charge in [0.05, 0.1) is 11.7 Å². The van der Waals surface area contributed by atoms with Crippen LogP contribution in [0.3, 0.4) is 0 Å². The van der Waals surface area contributed by atoms with E-state index in [1.807, 2.05) is 0 Å². The van der Waals surface area contributed by atoms with Crippen molar-refractivity contribution < 1.29 is 4.74 Å². The number of likely N-dealkylation sites (N-methyl/N-ethyl adjacent to an activating group) is 1. The topological polar surface area (TPSA) is 38.5 Å². The summed E-state index contributed by atoms with van der Waals surface area (Å²) in [7, 11) is 2.19. The fourth-order valence-electron chi connectivity index (χ4n) is 3.51. The molecule has 2 N–H and O–H groups in total. The Morgan fingerprint density at radius 3 is 2.56 bits per heavy atom. The van der Waals surface area contributed by atoms with Crippen molar-refractivity contribution in [3.8, 4) is 0 Å². The average molecular weight is 254 g/mol. The van der Waals surface area contributed by atoms with Gasteiger partial charge in [0, 0.05) is 18.6 Å². The van der Waals surface area contributed by atoms with Crippen molar-refractivity contribution in [2.24, 2.45) is 5.73 Å². The van der Waals surface area contributed by atoms with E-state index < -0.39 is 0 Å². The van der Waals surface area contributed by atoms with Gasteiger partial charge in [-0.3, -0.25) is 4.90 Å². The molecule has 0 bridgehead atoms. The first-order valence-electron chi connectivity index (χ1n) is 7.63. The summed E-state index contributed by atoms with van der Waals surface area (Å²) in [4.78, 5) is 2.41. The zero-order valence-corrected chi connectivity index (χ0v) is 12.4. The standard InChI is InChI=1S/C15H30N2O/c1-4-14(2,12-16)17(3)11-13-7-10-15(18-13)8-5-6-9-15/h13H,4-12,16H2,1-3H3. The largest absolute Gasteiger partial charge is 0.370 e. The molecule has 1 saturated heterocycles. The van der Waals surface area contributed by atoms with Crippen LogP contribution in [-0.4, -0.2) is 42.3 Å². The first-order chi connectivity index (χ1) is 8.53. The first kappa shape index (κ1) is 14.3. The number of nitrogens with zero attached hydrogens (tertiary/aromatic N) is 1. The summed E-state index contributed by atoms with van der Waals surface area (Å²) >= 11 is 0. The van der Waals surface area contributed by atoms with Crippen molar-refractivity contribution in [3.05, 3.63) is 0 Å². The second-order valence-electron chi connectivity index (χ2n) is 6.60. The lowest BCUT2D eigenvalue weighted by Crippen LogP contribution is -2.51. The average Bonchev–Trinajstić information content (AvgIpc) is 2.99. The van der Waals surface area contributed by atoms with Crippen LogP contribution in [0.25, 0.3) is 0 Å². The SMILES string of the molecule is CCC(C)(CN)N(C)CC1CCC2(CCCC2)O1. The highest BCUT2D eigenvalue weighted by molar-refractivity contribution is 4.94. The minimum absolute atomic E-state index is 0.120. The summed E-state index contributed by atoms with van der Waals surface area (Å²) in [5, 5.41) is 0. The van der Waals surface area contributed by atoms with Gasteiger partial charge in [0.2, 0.25) is 0 Å². The number of hydrogen-bond donors (Lipinski definition) is 1. The minimum Gasteiger partial charge on any atom is -0.370 e. The van der Waals surface area contributed by atoms with Crippen molar-refractivity contribution in [3.63, 3.8) is 0 Å². The van der Waals surface area contributed by atoms with Crippen molar-refractivity contribution in [1.29, 1.82) is 0 Å². The number of nitrogens with two attached hydrogens (primary N) is 1. The normalized spacial score (nSPS) is 30.2. The Bertz CT molecular complexity index is 270. The lowest BCUT2D eigenvalue weighted by atomic mass is 9.96. The second-order valence-corrected chi connectivity index (χ2v) is 6.60. The molecule has 106 valence electrons. The highest BCUT2D eigenvalue weighted by Crippen LogP contribution is 2.43. The summed E-state index contributed by atoms with van der Waals surface area (Å²) in [5.41, 5.74) is 6.31. The molecule has 3 heteroatoms. The second kappa shape index (κ2) is 5.48. The highest BCUT2D eigenvalue weighted by atomic mass is 16.5. The van der Waals surface area contributed by atoms with Crippen LogP contribution < -0.4 is 5.73 Å². The van der Waals surface area contributed by atoms with Gasteiger partial charge in [0.15, 0.2) is 0 Å². The van der Waals surface area contributed by atoms with Gasteiger partial charge in [-0.1, -0.05) is 19.8 Å². The third-order valence-corrected chi connectivity index (χ3v) is 5.45. The molecular formula is C15H30N2O. The number of hydrogen-bond acceptors (Lipinski definition) is 3. The minimum atomic E-state index is 0.120. The van der Waals surface area contributed by atoms with Gasteiger partial charge in [0.25, 0.3) is 0 Å². The van der Waals surface area contributed by atoms with Crippen LogP contribution in [0.15, 0.2) is 0 Å². The van der Waals surface area contributed by atoms with E-state index in [0.717, 1.165) is 19.5 Å².